The number of nitrogens with one attached hydrogen (secondary N) is 2. The van der Waals surface area contributed by atoms with Gasteiger partial charge < -0.3 is 20.3 Å². The highest BCUT2D eigenvalue weighted by atomic mass is 16.5. The number of anilines is 1. The first-order chi connectivity index (χ1) is 15.3. The summed E-state index contributed by atoms with van der Waals surface area (Å²) in [6, 6.07) is 8.63. The van der Waals surface area contributed by atoms with Crippen LogP contribution in [0.15, 0.2) is 24.3 Å². The van der Waals surface area contributed by atoms with Crippen molar-refractivity contribution in [3.8, 4) is 17.3 Å². The van der Waals surface area contributed by atoms with E-state index in [1.807, 2.05) is 13.8 Å². The van der Waals surface area contributed by atoms with Crippen LogP contribution in [0.25, 0.3) is 11.3 Å². The van der Waals surface area contributed by atoms with Gasteiger partial charge in [0.1, 0.15) is 5.69 Å². The molecular formula is C22H24N6O4. The standard InChI is InChI=1S/C22H24N6O4/c1-13-11-27(12-24-21(31)32-3)19(29)18-9-17(26-28(13)18)15-5-4-14(10-23)8-16(15)25-20(30)22(2)6-7-22/h4-5,8-9,13H,6-7,11-12H2,1-3H3,(H,24,31)(H,25,30)/t13-/m0/s1. The topological polar surface area (TPSA) is 129 Å². The Hall–Kier alpha value is -3.87. The normalized spacial score (nSPS) is 18.4. The van der Waals surface area contributed by atoms with Gasteiger partial charge in [0.2, 0.25) is 5.91 Å². The van der Waals surface area contributed by atoms with Crippen LogP contribution in [0, 0.1) is 16.7 Å². The minimum atomic E-state index is -0.618. The molecule has 2 aromatic rings. The van der Waals surface area contributed by atoms with Crippen LogP contribution in [0.2, 0.25) is 0 Å². The van der Waals surface area contributed by atoms with Gasteiger partial charge in [-0.2, -0.15) is 10.4 Å². The molecule has 2 heterocycles. The zero-order chi connectivity index (χ0) is 23.0. The average Bonchev–Trinajstić information content (AvgIpc) is 3.38. The number of nitrogens with zero attached hydrogens (tertiary/aromatic N) is 4. The van der Waals surface area contributed by atoms with Crippen molar-refractivity contribution in [3.63, 3.8) is 0 Å². The van der Waals surface area contributed by atoms with Crippen LogP contribution in [0.4, 0.5) is 10.5 Å². The molecule has 2 N–H and O–H groups in total. The van der Waals surface area contributed by atoms with Gasteiger partial charge in [-0.25, -0.2) is 4.79 Å². The van der Waals surface area contributed by atoms with Crippen molar-refractivity contribution in [3.05, 3.63) is 35.5 Å². The van der Waals surface area contributed by atoms with Crippen molar-refractivity contribution in [2.75, 3.05) is 25.6 Å². The van der Waals surface area contributed by atoms with Crippen LogP contribution in [0.1, 0.15) is 48.8 Å². The highest BCUT2D eigenvalue weighted by Crippen LogP contribution is 2.46. The number of amides is 3. The van der Waals surface area contributed by atoms with Gasteiger partial charge in [-0.05, 0) is 44.0 Å². The molecule has 0 radical (unpaired) electrons. The summed E-state index contributed by atoms with van der Waals surface area (Å²) in [5, 5.41) is 19.4. The number of fused-ring (bicyclic) bond motifs is 1. The lowest BCUT2D eigenvalue weighted by Crippen LogP contribution is -2.47. The van der Waals surface area contributed by atoms with Gasteiger partial charge in [0, 0.05) is 17.5 Å². The third kappa shape index (κ3) is 3.89. The molecule has 1 fully saturated rings. The Bertz CT molecular complexity index is 1140. The minimum absolute atomic E-state index is 0.0209. The summed E-state index contributed by atoms with van der Waals surface area (Å²) < 4.78 is 6.21. The van der Waals surface area contributed by atoms with Crippen molar-refractivity contribution >= 4 is 23.6 Å². The molecule has 0 saturated heterocycles. The van der Waals surface area contributed by atoms with E-state index in [1.54, 1.807) is 28.9 Å². The first-order valence-electron chi connectivity index (χ1n) is 10.3. The molecule has 1 aliphatic carbocycles. The summed E-state index contributed by atoms with van der Waals surface area (Å²) in [6.45, 7) is 4.22. The predicted molar refractivity (Wildman–Crippen MR) is 115 cm³/mol. The van der Waals surface area contributed by atoms with Crippen LogP contribution < -0.4 is 10.6 Å². The number of rotatable bonds is 5. The molecule has 3 amide bonds. The number of hydrogen-bond donors (Lipinski definition) is 2. The molecule has 10 heteroatoms. The quantitative estimate of drug-likeness (QED) is 0.741. The van der Waals surface area contributed by atoms with Crippen LogP contribution in [-0.4, -0.2) is 52.9 Å². The lowest BCUT2D eigenvalue weighted by molar-refractivity contribution is -0.120. The Morgan fingerprint density at radius 3 is 2.75 bits per heavy atom. The summed E-state index contributed by atoms with van der Waals surface area (Å²) in [6.07, 6.45) is 1.03. The molecule has 1 atom stereocenters. The molecule has 0 bridgehead atoms. The summed E-state index contributed by atoms with van der Waals surface area (Å²) >= 11 is 0. The van der Waals surface area contributed by atoms with E-state index < -0.39 is 6.09 Å². The number of methoxy groups -OCH3 is 1. The zero-order valence-electron chi connectivity index (χ0n) is 18.1. The molecule has 2 aliphatic rings. The second kappa shape index (κ2) is 8.00. The van der Waals surface area contributed by atoms with Crippen molar-refractivity contribution in [1.82, 2.24) is 20.0 Å². The Kier molecular flexibility index (Phi) is 5.34. The fourth-order valence-corrected chi connectivity index (χ4v) is 3.66. The maximum Gasteiger partial charge on any atom is 0.408 e. The highest BCUT2D eigenvalue weighted by Gasteiger charge is 2.45. The van der Waals surface area contributed by atoms with Gasteiger partial charge in [-0.3, -0.25) is 14.3 Å². The molecule has 1 aliphatic heterocycles. The van der Waals surface area contributed by atoms with Gasteiger partial charge in [0.25, 0.3) is 5.91 Å². The number of aromatic nitrogens is 2. The lowest BCUT2D eigenvalue weighted by atomic mass is 10.0. The molecule has 0 spiro atoms. The second-order valence-electron chi connectivity index (χ2n) is 8.45. The Labute approximate surface area is 185 Å². The van der Waals surface area contributed by atoms with Crippen LogP contribution in [0.3, 0.4) is 0 Å². The number of nitriles is 1. The molecule has 1 aromatic carbocycles. The second-order valence-corrected chi connectivity index (χ2v) is 8.45. The van der Waals surface area contributed by atoms with Gasteiger partial charge in [0.15, 0.2) is 0 Å². The van der Waals surface area contributed by atoms with E-state index in [2.05, 4.69) is 26.5 Å². The van der Waals surface area contributed by atoms with Crippen molar-refractivity contribution in [2.24, 2.45) is 5.41 Å². The maximum atomic E-state index is 13.0. The first kappa shape index (κ1) is 21.4. The molecule has 1 saturated carbocycles. The summed E-state index contributed by atoms with van der Waals surface area (Å²) in [4.78, 5) is 38.5. The fourth-order valence-electron chi connectivity index (χ4n) is 3.66. The van der Waals surface area contributed by atoms with E-state index in [0.29, 0.717) is 34.7 Å². The Morgan fingerprint density at radius 2 is 2.09 bits per heavy atom. The summed E-state index contributed by atoms with van der Waals surface area (Å²) in [7, 11) is 1.26. The monoisotopic (exact) mass is 436 g/mol. The van der Waals surface area contributed by atoms with Crippen LogP contribution >= 0.6 is 0 Å². The van der Waals surface area contributed by atoms with Gasteiger partial charge in [-0.1, -0.05) is 6.92 Å². The molecule has 4 rings (SSSR count). The number of carbonyl (C=O) groups is 3. The number of carbonyl (C=O) groups excluding carboxylic acids is 3. The molecular weight excluding hydrogens is 412 g/mol. The Morgan fingerprint density at radius 1 is 1.34 bits per heavy atom. The van der Waals surface area contributed by atoms with Crippen LogP contribution in [-0.2, 0) is 9.53 Å². The summed E-state index contributed by atoms with van der Waals surface area (Å²) in [5.41, 5.74) is 2.04. The largest absolute Gasteiger partial charge is 0.453 e. The van der Waals surface area contributed by atoms with E-state index >= 15 is 0 Å². The van der Waals surface area contributed by atoms with Gasteiger partial charge in [-0.15, -0.1) is 0 Å². The van der Waals surface area contributed by atoms with Gasteiger partial charge >= 0.3 is 6.09 Å². The summed E-state index contributed by atoms with van der Waals surface area (Å²) in [5.74, 6) is -0.370. The van der Waals surface area contributed by atoms with Crippen molar-refractivity contribution < 1.29 is 19.1 Å². The third-order valence-corrected chi connectivity index (χ3v) is 5.96. The number of alkyl carbamates (subject to hydrolysis) is 1. The van der Waals surface area contributed by atoms with Crippen LogP contribution in [0.5, 0.6) is 0 Å². The van der Waals surface area contributed by atoms with Gasteiger partial charge in [0.05, 0.1) is 42.8 Å². The molecule has 1 aromatic heterocycles. The number of ether oxygens (including phenoxy) is 1. The maximum absolute atomic E-state index is 13.0. The molecule has 166 valence electrons. The first-order valence-corrected chi connectivity index (χ1v) is 10.3. The average molecular weight is 436 g/mol. The van der Waals surface area contributed by atoms with E-state index in [0.717, 1.165) is 12.8 Å². The van der Waals surface area contributed by atoms with E-state index in [9.17, 15) is 19.6 Å². The third-order valence-electron chi connectivity index (χ3n) is 5.96. The smallest absolute Gasteiger partial charge is 0.408 e. The van der Waals surface area contributed by atoms with E-state index in [-0.39, 0.29) is 29.9 Å². The SMILES string of the molecule is COC(=O)NCN1C[C@H](C)n2nc(-c3ccc(C#N)cc3NC(=O)C3(C)CC3)cc2C1=O. The number of benzene rings is 1. The fraction of sp³-hybridized carbons (Fsp3) is 0.409. The molecule has 10 nitrogen and oxygen atoms in total. The van der Waals surface area contributed by atoms with Crippen molar-refractivity contribution in [1.29, 1.82) is 5.26 Å². The highest BCUT2D eigenvalue weighted by molar-refractivity contribution is 6.01. The Balaban J connectivity index is 1.65. The van der Waals surface area contributed by atoms with E-state index in [1.165, 1.54) is 12.0 Å². The predicted octanol–water partition coefficient (Wildman–Crippen LogP) is 2.49. The zero-order valence-corrected chi connectivity index (χ0v) is 18.1. The van der Waals surface area contributed by atoms with E-state index in [4.69, 9.17) is 0 Å². The lowest BCUT2D eigenvalue weighted by Gasteiger charge is -2.31. The molecule has 0 unspecified atom stereocenters. The number of hydrogen-bond acceptors (Lipinski definition) is 6. The minimum Gasteiger partial charge on any atom is -0.453 e. The van der Waals surface area contributed by atoms with Crippen molar-refractivity contribution in [2.45, 2.75) is 32.7 Å². The molecule has 32 heavy (non-hydrogen) atoms.